The first-order chi connectivity index (χ1) is 11.6. The number of para-hydroxylation sites is 2. The Bertz CT molecular complexity index is 565. The van der Waals surface area contributed by atoms with E-state index in [9.17, 15) is 13.6 Å². The van der Waals surface area contributed by atoms with Crippen molar-refractivity contribution in [2.24, 2.45) is 0 Å². The van der Waals surface area contributed by atoms with Crippen molar-refractivity contribution in [3.8, 4) is 5.75 Å². The second kappa shape index (κ2) is 7.79. The maximum absolute atomic E-state index is 12.5. The number of ether oxygens (including phenoxy) is 1. The van der Waals surface area contributed by atoms with Crippen LogP contribution in [0.25, 0.3) is 0 Å². The van der Waals surface area contributed by atoms with Crippen LogP contribution < -0.4 is 20.3 Å². The highest BCUT2D eigenvalue weighted by Gasteiger charge is 2.29. The van der Waals surface area contributed by atoms with Crippen LogP contribution in [0.15, 0.2) is 24.3 Å². The fourth-order valence-electron chi connectivity index (χ4n) is 3.39. The van der Waals surface area contributed by atoms with E-state index in [0.717, 1.165) is 32.2 Å². The lowest BCUT2D eigenvalue weighted by molar-refractivity contribution is -0.124. The van der Waals surface area contributed by atoms with Crippen molar-refractivity contribution in [3.05, 3.63) is 24.3 Å². The molecule has 132 valence electrons. The first kappa shape index (κ1) is 17.0. The Labute approximate surface area is 140 Å². The Kier molecular flexibility index (Phi) is 5.50. The molecule has 2 N–H and O–H groups in total. The predicted octanol–water partition coefficient (Wildman–Crippen LogP) is 2.12. The second-order valence-electron chi connectivity index (χ2n) is 6.29. The van der Waals surface area contributed by atoms with E-state index < -0.39 is 6.61 Å². The summed E-state index contributed by atoms with van der Waals surface area (Å²) < 4.78 is 29.7. The number of rotatable bonds is 5. The number of benzene rings is 1. The molecule has 3 rings (SSSR count). The van der Waals surface area contributed by atoms with Gasteiger partial charge in [-0.2, -0.15) is 8.78 Å². The molecule has 2 fully saturated rings. The van der Waals surface area contributed by atoms with Gasteiger partial charge in [-0.15, -0.1) is 0 Å². The summed E-state index contributed by atoms with van der Waals surface area (Å²) >= 11 is 0. The van der Waals surface area contributed by atoms with Gasteiger partial charge in [-0.05, 0) is 37.9 Å². The molecule has 7 heteroatoms. The van der Waals surface area contributed by atoms with E-state index in [2.05, 4.69) is 15.4 Å². The van der Waals surface area contributed by atoms with Gasteiger partial charge in [0, 0.05) is 19.1 Å². The van der Waals surface area contributed by atoms with Gasteiger partial charge < -0.3 is 20.3 Å². The van der Waals surface area contributed by atoms with Gasteiger partial charge in [-0.1, -0.05) is 18.6 Å². The standard InChI is InChI=1S/C17H23F2N3O2/c18-17(19)24-15-7-2-1-6-14(15)22-10-8-12(11-22)21-16(23)13-5-3-4-9-20-13/h1-2,6-7,12-13,17,20H,3-5,8-11H2,(H,21,23)/t12?,13-/m1/s1. The highest BCUT2D eigenvalue weighted by molar-refractivity contribution is 5.82. The van der Waals surface area contributed by atoms with Crippen molar-refractivity contribution < 1.29 is 18.3 Å². The van der Waals surface area contributed by atoms with Crippen LogP contribution in [0.1, 0.15) is 25.7 Å². The number of carbonyl (C=O) groups is 1. The van der Waals surface area contributed by atoms with Crippen molar-refractivity contribution >= 4 is 11.6 Å². The van der Waals surface area contributed by atoms with Gasteiger partial charge in [-0.3, -0.25) is 4.79 Å². The van der Waals surface area contributed by atoms with Crippen molar-refractivity contribution in [1.29, 1.82) is 0 Å². The molecule has 1 aromatic carbocycles. The number of hydrogen-bond acceptors (Lipinski definition) is 4. The van der Waals surface area contributed by atoms with Gasteiger partial charge in [0.1, 0.15) is 5.75 Å². The summed E-state index contributed by atoms with van der Waals surface area (Å²) in [5.74, 6) is 0.215. The van der Waals surface area contributed by atoms with Crippen LogP contribution in [0.5, 0.6) is 5.75 Å². The zero-order valence-corrected chi connectivity index (χ0v) is 13.5. The highest BCUT2D eigenvalue weighted by atomic mass is 19.3. The van der Waals surface area contributed by atoms with Crippen LogP contribution in [0.4, 0.5) is 14.5 Å². The second-order valence-corrected chi connectivity index (χ2v) is 6.29. The molecule has 24 heavy (non-hydrogen) atoms. The van der Waals surface area contributed by atoms with Gasteiger partial charge in [-0.25, -0.2) is 0 Å². The molecule has 2 aliphatic heterocycles. The Morgan fingerprint density at radius 1 is 1.29 bits per heavy atom. The lowest BCUT2D eigenvalue weighted by Crippen LogP contribution is -2.50. The zero-order valence-electron chi connectivity index (χ0n) is 13.5. The monoisotopic (exact) mass is 339 g/mol. The highest BCUT2D eigenvalue weighted by Crippen LogP contribution is 2.31. The molecule has 2 saturated heterocycles. The van der Waals surface area contributed by atoms with Crippen molar-refractivity contribution in [3.63, 3.8) is 0 Å². The van der Waals surface area contributed by atoms with Gasteiger partial charge >= 0.3 is 6.61 Å². The number of amides is 1. The van der Waals surface area contributed by atoms with E-state index in [-0.39, 0.29) is 23.7 Å². The van der Waals surface area contributed by atoms with Crippen molar-refractivity contribution in [1.82, 2.24) is 10.6 Å². The number of piperidine rings is 1. The summed E-state index contributed by atoms with van der Waals surface area (Å²) in [4.78, 5) is 14.3. The molecule has 1 amide bonds. The Hall–Kier alpha value is -1.89. The third kappa shape index (κ3) is 4.14. The SMILES string of the molecule is O=C(NC1CCN(c2ccccc2OC(F)F)C1)[C@H]1CCCCN1. The molecule has 2 aliphatic rings. The summed E-state index contributed by atoms with van der Waals surface area (Å²) in [5.41, 5.74) is 0.644. The molecule has 0 aliphatic carbocycles. The minimum absolute atomic E-state index is 0.0285. The molecule has 0 bridgehead atoms. The average Bonchev–Trinajstić information content (AvgIpc) is 3.04. The lowest BCUT2D eigenvalue weighted by Gasteiger charge is -2.25. The fraction of sp³-hybridized carbons (Fsp3) is 0.588. The minimum Gasteiger partial charge on any atom is -0.433 e. The number of halogens is 2. The number of hydrogen-bond donors (Lipinski definition) is 2. The average molecular weight is 339 g/mol. The Balaban J connectivity index is 1.58. The predicted molar refractivity (Wildman–Crippen MR) is 87.5 cm³/mol. The lowest BCUT2D eigenvalue weighted by atomic mass is 10.0. The number of carbonyl (C=O) groups excluding carboxylic acids is 1. The summed E-state index contributed by atoms with van der Waals surface area (Å²) in [6.45, 7) is -0.663. The normalized spacial score (nSPS) is 24.2. The topological polar surface area (TPSA) is 53.6 Å². The molecule has 2 atom stereocenters. The molecular formula is C17H23F2N3O2. The summed E-state index contributed by atoms with van der Waals surface area (Å²) in [5, 5.41) is 6.31. The van der Waals surface area contributed by atoms with Crippen molar-refractivity contribution in [2.45, 2.75) is 44.4 Å². The third-order valence-corrected chi connectivity index (χ3v) is 4.58. The molecule has 5 nitrogen and oxygen atoms in total. The zero-order chi connectivity index (χ0) is 16.9. The van der Waals surface area contributed by atoms with Gasteiger partial charge in [0.15, 0.2) is 0 Å². The van der Waals surface area contributed by atoms with Gasteiger partial charge in [0.2, 0.25) is 5.91 Å². The molecule has 1 unspecified atom stereocenters. The molecular weight excluding hydrogens is 316 g/mol. The maximum atomic E-state index is 12.5. The van der Waals surface area contributed by atoms with Crippen LogP contribution in [-0.4, -0.2) is 44.2 Å². The number of nitrogens with one attached hydrogen (secondary N) is 2. The van der Waals surface area contributed by atoms with Crippen LogP contribution in [-0.2, 0) is 4.79 Å². The van der Waals surface area contributed by atoms with Crippen LogP contribution in [0.2, 0.25) is 0 Å². The van der Waals surface area contributed by atoms with E-state index in [1.165, 1.54) is 0 Å². The van der Waals surface area contributed by atoms with E-state index >= 15 is 0 Å². The smallest absolute Gasteiger partial charge is 0.387 e. The fourth-order valence-corrected chi connectivity index (χ4v) is 3.39. The number of nitrogens with zero attached hydrogens (tertiary/aromatic N) is 1. The Morgan fingerprint density at radius 3 is 2.88 bits per heavy atom. The molecule has 0 saturated carbocycles. The molecule has 1 aromatic rings. The number of anilines is 1. The maximum Gasteiger partial charge on any atom is 0.387 e. The van der Waals surface area contributed by atoms with E-state index in [4.69, 9.17) is 0 Å². The number of alkyl halides is 2. The first-order valence-corrected chi connectivity index (χ1v) is 8.46. The third-order valence-electron chi connectivity index (χ3n) is 4.58. The molecule has 2 heterocycles. The summed E-state index contributed by atoms with van der Waals surface area (Å²) in [6.07, 6.45) is 3.84. The van der Waals surface area contributed by atoms with Crippen LogP contribution >= 0.6 is 0 Å². The van der Waals surface area contributed by atoms with Crippen LogP contribution in [0.3, 0.4) is 0 Å². The van der Waals surface area contributed by atoms with E-state index in [0.29, 0.717) is 18.8 Å². The van der Waals surface area contributed by atoms with E-state index in [1.54, 1.807) is 24.3 Å². The summed E-state index contributed by atoms with van der Waals surface area (Å²) in [6, 6.07) is 6.70. The largest absolute Gasteiger partial charge is 0.433 e. The van der Waals surface area contributed by atoms with Gasteiger partial charge in [0.25, 0.3) is 0 Å². The quantitative estimate of drug-likeness (QED) is 0.863. The Morgan fingerprint density at radius 2 is 2.12 bits per heavy atom. The van der Waals surface area contributed by atoms with Crippen molar-refractivity contribution in [2.75, 3.05) is 24.5 Å². The van der Waals surface area contributed by atoms with Crippen LogP contribution in [0, 0.1) is 0 Å². The van der Waals surface area contributed by atoms with E-state index in [1.807, 2.05) is 4.90 Å². The summed E-state index contributed by atoms with van der Waals surface area (Å²) in [7, 11) is 0. The first-order valence-electron chi connectivity index (χ1n) is 8.46. The molecule has 0 spiro atoms. The van der Waals surface area contributed by atoms with Gasteiger partial charge in [0.05, 0.1) is 11.7 Å². The molecule has 0 radical (unpaired) electrons. The minimum atomic E-state index is -2.85. The molecule has 0 aromatic heterocycles.